The van der Waals surface area contributed by atoms with Crippen molar-refractivity contribution >= 4 is 23.2 Å². The zero-order chi connectivity index (χ0) is 11.7. The van der Waals surface area contributed by atoms with Crippen molar-refractivity contribution in [2.45, 2.75) is 0 Å². The first kappa shape index (κ1) is 10.0. The summed E-state index contributed by atoms with van der Waals surface area (Å²) in [5.74, 6) is -1.48. The van der Waals surface area contributed by atoms with Crippen LogP contribution in [0.5, 0.6) is 0 Å². The number of carbonyl (C=O) groups is 2. The second-order valence-electron chi connectivity index (χ2n) is 3.27. The first-order valence-corrected chi connectivity index (χ1v) is 4.56. The van der Waals surface area contributed by atoms with Gasteiger partial charge in [-0.15, -0.1) is 0 Å². The van der Waals surface area contributed by atoms with Crippen LogP contribution in [0, 0.1) is 0 Å². The average molecular weight is 218 g/mol. The van der Waals surface area contributed by atoms with Crippen LogP contribution in [0.3, 0.4) is 0 Å². The molecule has 82 valence electrons. The smallest absolute Gasteiger partial charge is 0.267 e. The van der Waals surface area contributed by atoms with Crippen LogP contribution in [0.15, 0.2) is 35.7 Å². The van der Waals surface area contributed by atoms with Crippen LogP contribution in [-0.2, 0) is 9.59 Å². The maximum absolute atomic E-state index is 11.1. The predicted octanol–water partition coefficient (Wildman–Crippen LogP) is -0.294. The van der Waals surface area contributed by atoms with Gasteiger partial charge in [-0.05, 0) is 12.1 Å². The van der Waals surface area contributed by atoms with Gasteiger partial charge in [0.1, 0.15) is 11.4 Å². The topological polar surface area (TPSA) is 110 Å². The van der Waals surface area contributed by atoms with Crippen LogP contribution in [0.4, 0.5) is 11.4 Å². The number of primary amides is 2. The summed E-state index contributed by atoms with van der Waals surface area (Å²) in [6.07, 6.45) is 0. The van der Waals surface area contributed by atoms with Crippen LogP contribution in [0.2, 0.25) is 0 Å². The van der Waals surface area contributed by atoms with Gasteiger partial charge < -0.3 is 22.1 Å². The van der Waals surface area contributed by atoms with Crippen molar-refractivity contribution in [1.82, 2.24) is 0 Å². The Morgan fingerprint density at radius 1 is 0.875 bits per heavy atom. The third-order valence-corrected chi connectivity index (χ3v) is 2.19. The van der Waals surface area contributed by atoms with E-state index in [0.717, 1.165) is 0 Å². The van der Waals surface area contributed by atoms with E-state index in [9.17, 15) is 9.59 Å². The van der Waals surface area contributed by atoms with Crippen LogP contribution in [0.25, 0.3) is 0 Å². The second-order valence-corrected chi connectivity index (χ2v) is 3.27. The standard InChI is InChI=1S/C10H10N4O2/c11-9(15)7-8(10(12)16)14-6-4-2-1-3-5(6)13-7/h1-4,13-14H,(H2,11,15)(H2,12,16). The summed E-state index contributed by atoms with van der Waals surface area (Å²) < 4.78 is 0. The van der Waals surface area contributed by atoms with Crippen molar-refractivity contribution < 1.29 is 9.59 Å². The molecule has 0 saturated carbocycles. The minimum Gasteiger partial charge on any atom is -0.364 e. The third kappa shape index (κ3) is 1.56. The molecule has 1 heterocycles. The Kier molecular flexibility index (Phi) is 2.24. The normalized spacial score (nSPS) is 13.5. The summed E-state index contributed by atoms with van der Waals surface area (Å²) in [6.45, 7) is 0. The van der Waals surface area contributed by atoms with Gasteiger partial charge in [-0.1, -0.05) is 12.1 Å². The molecule has 2 amide bonds. The van der Waals surface area contributed by atoms with Gasteiger partial charge in [-0.25, -0.2) is 0 Å². The van der Waals surface area contributed by atoms with Crippen molar-refractivity contribution in [2.24, 2.45) is 11.5 Å². The number of para-hydroxylation sites is 2. The van der Waals surface area contributed by atoms with Gasteiger partial charge in [0, 0.05) is 0 Å². The number of fused-ring (bicyclic) bond motifs is 1. The predicted molar refractivity (Wildman–Crippen MR) is 59.1 cm³/mol. The molecule has 2 rings (SSSR count). The minimum atomic E-state index is -0.740. The third-order valence-electron chi connectivity index (χ3n) is 2.19. The summed E-state index contributed by atoms with van der Waals surface area (Å²) in [5.41, 5.74) is 11.6. The summed E-state index contributed by atoms with van der Waals surface area (Å²) in [6, 6.07) is 7.09. The number of anilines is 2. The molecule has 6 nitrogen and oxygen atoms in total. The number of benzene rings is 1. The van der Waals surface area contributed by atoms with E-state index in [0.29, 0.717) is 11.4 Å². The molecular formula is C10H10N4O2. The molecule has 0 atom stereocenters. The Morgan fingerprint density at radius 3 is 1.56 bits per heavy atom. The molecule has 1 aromatic carbocycles. The molecule has 0 bridgehead atoms. The van der Waals surface area contributed by atoms with Gasteiger partial charge in [-0.3, -0.25) is 9.59 Å². The highest BCUT2D eigenvalue weighted by molar-refractivity contribution is 6.09. The fourth-order valence-electron chi connectivity index (χ4n) is 1.47. The van der Waals surface area contributed by atoms with Crippen LogP contribution < -0.4 is 22.1 Å². The number of hydrogen-bond acceptors (Lipinski definition) is 4. The number of rotatable bonds is 2. The lowest BCUT2D eigenvalue weighted by Crippen LogP contribution is -2.33. The number of carbonyl (C=O) groups excluding carboxylic acids is 2. The molecule has 1 aromatic rings. The van der Waals surface area contributed by atoms with Gasteiger partial charge in [0.15, 0.2) is 0 Å². The molecule has 1 aliphatic heterocycles. The first-order chi connectivity index (χ1) is 7.59. The zero-order valence-corrected chi connectivity index (χ0v) is 8.28. The van der Waals surface area contributed by atoms with E-state index in [-0.39, 0.29) is 11.4 Å². The molecule has 0 spiro atoms. The molecule has 0 aromatic heterocycles. The maximum atomic E-state index is 11.1. The molecule has 0 radical (unpaired) electrons. The minimum absolute atomic E-state index is 0.0220. The van der Waals surface area contributed by atoms with Crippen molar-refractivity contribution in [3.63, 3.8) is 0 Å². The molecule has 0 unspecified atom stereocenters. The van der Waals surface area contributed by atoms with Gasteiger partial charge >= 0.3 is 0 Å². The Bertz CT molecular complexity index is 462. The van der Waals surface area contributed by atoms with Crippen molar-refractivity contribution in [3.8, 4) is 0 Å². The Morgan fingerprint density at radius 2 is 1.25 bits per heavy atom. The van der Waals surface area contributed by atoms with Crippen molar-refractivity contribution in [2.75, 3.05) is 10.6 Å². The van der Waals surface area contributed by atoms with Crippen LogP contribution in [0.1, 0.15) is 0 Å². The lowest BCUT2D eigenvalue weighted by atomic mass is 10.1. The van der Waals surface area contributed by atoms with E-state index in [1.807, 2.05) is 0 Å². The molecular weight excluding hydrogens is 208 g/mol. The molecule has 0 fully saturated rings. The highest BCUT2D eigenvalue weighted by atomic mass is 16.2. The fraction of sp³-hybridized carbons (Fsp3) is 0. The largest absolute Gasteiger partial charge is 0.364 e. The Hall–Kier alpha value is -2.50. The summed E-state index contributed by atoms with van der Waals surface area (Å²) in [7, 11) is 0. The fourth-order valence-corrected chi connectivity index (χ4v) is 1.47. The Labute approximate surface area is 91.3 Å². The quantitative estimate of drug-likeness (QED) is 0.546. The molecule has 6 heteroatoms. The molecule has 0 saturated heterocycles. The maximum Gasteiger partial charge on any atom is 0.267 e. The zero-order valence-electron chi connectivity index (χ0n) is 8.28. The highest BCUT2D eigenvalue weighted by Gasteiger charge is 2.23. The SMILES string of the molecule is NC(=O)C1=C(C(N)=O)Nc2ccccc2N1. The van der Waals surface area contributed by atoms with Gasteiger partial charge in [0.25, 0.3) is 11.8 Å². The molecule has 6 N–H and O–H groups in total. The molecule has 1 aliphatic rings. The second kappa shape index (κ2) is 3.58. The van der Waals surface area contributed by atoms with Gasteiger partial charge in [-0.2, -0.15) is 0 Å². The lowest BCUT2D eigenvalue weighted by molar-refractivity contribution is -0.117. The van der Waals surface area contributed by atoms with Gasteiger partial charge in [0.2, 0.25) is 0 Å². The van der Waals surface area contributed by atoms with E-state index in [2.05, 4.69) is 10.6 Å². The first-order valence-electron chi connectivity index (χ1n) is 4.56. The van der Waals surface area contributed by atoms with Crippen molar-refractivity contribution in [3.05, 3.63) is 35.7 Å². The highest BCUT2D eigenvalue weighted by Crippen LogP contribution is 2.28. The summed E-state index contributed by atoms with van der Waals surface area (Å²) >= 11 is 0. The monoisotopic (exact) mass is 218 g/mol. The van der Waals surface area contributed by atoms with Crippen molar-refractivity contribution in [1.29, 1.82) is 0 Å². The lowest BCUT2D eigenvalue weighted by Gasteiger charge is -2.22. The number of amides is 2. The van der Waals surface area contributed by atoms with E-state index in [1.54, 1.807) is 24.3 Å². The van der Waals surface area contributed by atoms with Gasteiger partial charge in [0.05, 0.1) is 11.4 Å². The summed E-state index contributed by atoms with van der Waals surface area (Å²) in [4.78, 5) is 22.3. The Balaban J connectivity index is 2.49. The van der Waals surface area contributed by atoms with E-state index < -0.39 is 11.8 Å². The number of hydrogen-bond donors (Lipinski definition) is 4. The molecule has 0 aliphatic carbocycles. The van der Waals surface area contributed by atoms with E-state index in [1.165, 1.54) is 0 Å². The van der Waals surface area contributed by atoms with E-state index in [4.69, 9.17) is 11.5 Å². The van der Waals surface area contributed by atoms with Crippen LogP contribution >= 0.6 is 0 Å². The van der Waals surface area contributed by atoms with Crippen LogP contribution in [-0.4, -0.2) is 11.8 Å². The molecule has 16 heavy (non-hydrogen) atoms. The van der Waals surface area contributed by atoms with E-state index >= 15 is 0 Å². The average Bonchev–Trinajstić information content (AvgIpc) is 2.27. The summed E-state index contributed by atoms with van der Waals surface area (Å²) in [5, 5.41) is 5.54. The number of nitrogens with two attached hydrogens (primary N) is 2. The number of nitrogens with one attached hydrogen (secondary N) is 2.